The first-order chi connectivity index (χ1) is 23.0. The number of carboxylic acid groups (broad SMARTS) is 1. The lowest BCUT2D eigenvalue weighted by Gasteiger charge is -2.53. The molecular weight excluding hydrogens is 784 g/mol. The minimum Gasteiger partial charge on any atom is -0.546 e. The Balaban J connectivity index is 0.000000234. The number of nitrogens with zero attached hydrogens (tertiary/aromatic N) is 2. The molecule has 6 aromatic rings. The van der Waals surface area contributed by atoms with E-state index in [1.165, 1.54) is 82.5 Å². The fourth-order valence-corrected chi connectivity index (χ4v) is 9.21. The predicted molar refractivity (Wildman–Crippen MR) is 208 cm³/mol. The second-order valence-electron chi connectivity index (χ2n) is 12.7. The van der Waals surface area contributed by atoms with Crippen molar-refractivity contribution in [3.63, 3.8) is 0 Å². The highest BCUT2D eigenvalue weighted by Gasteiger charge is 2.46. The highest BCUT2D eigenvalue weighted by atomic mass is 79.9. The Bertz CT molecular complexity index is 1910. The summed E-state index contributed by atoms with van der Waals surface area (Å²) in [4.78, 5) is 16.8. The van der Waals surface area contributed by atoms with E-state index in [1.807, 2.05) is 30.3 Å². The number of benzene rings is 3. The standard InChI is InChI=1S/C29H31N2O.C10H8O3S2.2BrH/c1-2-9-24(10-3-1)32-19-7-16-31-17-14-22(15-18-31)27(21-31)25-11-6-13-29-26(25)20-23-8-4-5-12-28(23)30-29;11-9(12)10(13,7-3-1-5-14-7)8-4-2-6-15-8;;/h1-6,8-13,20,22,27H,7,14-19,21H2;1-6,13H,(H,11,12);2*1H/q+1;;;/p-1/t22?,27-,31?;;;/m1.../s1. The third kappa shape index (κ3) is 7.80. The van der Waals surface area contributed by atoms with Gasteiger partial charge in [0.2, 0.25) is 0 Å². The summed E-state index contributed by atoms with van der Waals surface area (Å²) in [6.45, 7) is 5.96. The van der Waals surface area contributed by atoms with Gasteiger partial charge in [-0.05, 0) is 64.7 Å². The van der Waals surface area contributed by atoms with Crippen LogP contribution in [-0.2, 0) is 10.4 Å². The van der Waals surface area contributed by atoms with Crippen molar-refractivity contribution >= 4 is 84.4 Å². The molecule has 6 nitrogen and oxygen atoms in total. The van der Waals surface area contributed by atoms with Gasteiger partial charge in [0.25, 0.3) is 0 Å². The molecule has 6 heterocycles. The summed E-state index contributed by atoms with van der Waals surface area (Å²) in [5.41, 5.74) is 1.74. The van der Waals surface area contributed by atoms with E-state index in [1.54, 1.807) is 35.0 Å². The third-order valence-corrected chi connectivity index (χ3v) is 11.9. The first-order valence-electron chi connectivity index (χ1n) is 16.3. The van der Waals surface area contributed by atoms with Gasteiger partial charge in [0, 0.05) is 45.7 Å². The Morgan fingerprint density at radius 3 is 2.16 bits per heavy atom. The van der Waals surface area contributed by atoms with Gasteiger partial charge < -0.3 is 24.2 Å². The molecule has 49 heavy (non-hydrogen) atoms. The van der Waals surface area contributed by atoms with Crippen molar-refractivity contribution in [2.45, 2.75) is 30.8 Å². The number of halogens is 2. The molecule has 0 spiro atoms. The lowest BCUT2D eigenvalue weighted by molar-refractivity contribution is -0.944. The number of carbonyl (C=O) groups excluding carboxylic acids is 1. The number of hydrogen-bond donors (Lipinski definition) is 1. The fraction of sp³-hybridized carbons (Fsp3) is 0.282. The molecule has 1 N–H and O–H groups in total. The number of pyridine rings is 1. The summed E-state index contributed by atoms with van der Waals surface area (Å²) in [7, 11) is 0. The zero-order valence-electron chi connectivity index (χ0n) is 27.0. The van der Waals surface area contributed by atoms with Crippen LogP contribution in [0.15, 0.2) is 114 Å². The SMILES string of the molecule is Br.Br.O=C([O-])C(O)(c1cccs1)c1cccs1.c1ccc(OCCC[N+]23CCC(CC2)[C@H](c2cccc4nc5ccccc5cc24)C3)cc1. The normalized spacial score (nSPS) is 19.7. The summed E-state index contributed by atoms with van der Waals surface area (Å²) < 4.78 is 7.25. The van der Waals surface area contributed by atoms with Crippen molar-refractivity contribution in [1.29, 1.82) is 0 Å². The topological polar surface area (TPSA) is 82.5 Å². The van der Waals surface area contributed by atoms with Crippen LogP contribution in [-0.4, -0.2) is 53.3 Å². The molecule has 10 heteroatoms. The molecule has 3 aromatic carbocycles. The highest BCUT2D eigenvalue weighted by molar-refractivity contribution is 8.93. The van der Waals surface area contributed by atoms with Gasteiger partial charge in [-0.3, -0.25) is 0 Å². The zero-order valence-corrected chi connectivity index (χ0v) is 32.0. The van der Waals surface area contributed by atoms with Crippen LogP contribution in [0.4, 0.5) is 0 Å². The van der Waals surface area contributed by atoms with E-state index in [0.717, 1.165) is 35.7 Å². The molecule has 3 fully saturated rings. The van der Waals surface area contributed by atoms with E-state index in [-0.39, 0.29) is 34.0 Å². The lowest BCUT2D eigenvalue weighted by atomic mass is 9.73. The molecular formula is C39H40Br2N2O4S2. The summed E-state index contributed by atoms with van der Waals surface area (Å²) in [5.74, 6) is 0.942. The monoisotopic (exact) mass is 822 g/mol. The molecule has 3 aliphatic rings. The van der Waals surface area contributed by atoms with Crippen LogP contribution in [0.1, 0.15) is 40.5 Å². The number of fused-ring (bicyclic) bond motifs is 5. The first-order valence-corrected chi connectivity index (χ1v) is 18.0. The van der Waals surface area contributed by atoms with Crippen LogP contribution in [0.3, 0.4) is 0 Å². The van der Waals surface area contributed by atoms with E-state index >= 15 is 0 Å². The number of aromatic nitrogens is 1. The van der Waals surface area contributed by atoms with Gasteiger partial charge in [0.05, 0.1) is 49.8 Å². The molecule has 3 saturated heterocycles. The van der Waals surface area contributed by atoms with Gasteiger partial charge in [-0.25, -0.2) is 4.98 Å². The van der Waals surface area contributed by atoms with Crippen LogP contribution in [0, 0.1) is 5.92 Å². The molecule has 1 atom stereocenters. The minimum atomic E-state index is -2.01. The summed E-state index contributed by atoms with van der Waals surface area (Å²) in [5, 5.41) is 27.3. The number of ether oxygens (including phenoxy) is 1. The van der Waals surface area contributed by atoms with E-state index in [9.17, 15) is 15.0 Å². The van der Waals surface area contributed by atoms with E-state index in [4.69, 9.17) is 9.72 Å². The maximum absolute atomic E-state index is 11.1. The lowest BCUT2D eigenvalue weighted by Crippen LogP contribution is -2.61. The fourth-order valence-electron chi connectivity index (χ4n) is 7.50. The number of thiophene rings is 2. The molecule has 2 bridgehead atoms. The second-order valence-corrected chi connectivity index (χ2v) is 14.6. The van der Waals surface area contributed by atoms with Crippen LogP contribution in [0.2, 0.25) is 0 Å². The number of aliphatic carboxylic acids is 1. The van der Waals surface area contributed by atoms with Gasteiger partial charge in [-0.15, -0.1) is 56.6 Å². The molecule has 0 saturated carbocycles. The van der Waals surface area contributed by atoms with Crippen LogP contribution in [0.5, 0.6) is 5.75 Å². The van der Waals surface area contributed by atoms with Gasteiger partial charge in [-0.1, -0.05) is 60.7 Å². The number of quaternary nitrogens is 1. The molecule has 3 aliphatic heterocycles. The number of aliphatic hydroxyl groups is 1. The van der Waals surface area contributed by atoms with Gasteiger partial charge in [0.1, 0.15) is 5.75 Å². The third-order valence-electron chi connectivity index (χ3n) is 9.93. The Morgan fingerprint density at radius 1 is 0.857 bits per heavy atom. The number of para-hydroxylation sites is 2. The zero-order chi connectivity index (χ0) is 32.3. The number of carbonyl (C=O) groups is 1. The number of hydrogen-bond acceptors (Lipinski definition) is 7. The maximum atomic E-state index is 11.1. The smallest absolute Gasteiger partial charge is 0.173 e. The van der Waals surface area contributed by atoms with Crippen molar-refractivity contribution in [1.82, 2.24) is 4.98 Å². The van der Waals surface area contributed by atoms with E-state index in [2.05, 4.69) is 48.5 Å². The van der Waals surface area contributed by atoms with Gasteiger partial charge in [-0.2, -0.15) is 0 Å². The number of piperidine rings is 3. The van der Waals surface area contributed by atoms with E-state index in [0.29, 0.717) is 15.7 Å². The van der Waals surface area contributed by atoms with Crippen LogP contribution < -0.4 is 9.84 Å². The summed E-state index contributed by atoms with van der Waals surface area (Å²) >= 11 is 2.38. The second kappa shape index (κ2) is 16.3. The molecule has 0 radical (unpaired) electrons. The first kappa shape index (κ1) is 37.1. The Kier molecular flexibility index (Phi) is 12.3. The summed E-state index contributed by atoms with van der Waals surface area (Å²) in [6, 6.07) is 34.4. The van der Waals surface area contributed by atoms with Gasteiger partial charge >= 0.3 is 0 Å². The van der Waals surface area contributed by atoms with Crippen LogP contribution >= 0.6 is 56.6 Å². The maximum Gasteiger partial charge on any atom is 0.173 e. The molecule has 0 unspecified atom stereocenters. The molecule has 9 rings (SSSR count). The number of carboxylic acids is 1. The predicted octanol–water partition coefficient (Wildman–Crippen LogP) is 8.13. The number of rotatable bonds is 9. The summed E-state index contributed by atoms with van der Waals surface area (Å²) in [6.07, 6.45) is 3.82. The molecule has 0 aliphatic carbocycles. The Hall–Kier alpha value is -3.12. The molecule has 0 amide bonds. The average Bonchev–Trinajstić information content (AvgIpc) is 3.86. The Labute approximate surface area is 316 Å². The van der Waals surface area contributed by atoms with Crippen molar-refractivity contribution in [2.24, 2.45) is 5.92 Å². The molecule has 256 valence electrons. The largest absolute Gasteiger partial charge is 0.546 e. The molecule has 3 aromatic heterocycles. The van der Waals surface area contributed by atoms with Crippen molar-refractivity contribution in [3.8, 4) is 5.75 Å². The van der Waals surface area contributed by atoms with Crippen molar-refractivity contribution in [3.05, 3.63) is 129 Å². The quantitative estimate of drug-likeness (QED) is 0.0906. The Morgan fingerprint density at radius 2 is 1.51 bits per heavy atom. The van der Waals surface area contributed by atoms with E-state index < -0.39 is 11.6 Å². The average molecular weight is 825 g/mol. The minimum absolute atomic E-state index is 0. The van der Waals surface area contributed by atoms with Crippen molar-refractivity contribution in [2.75, 3.05) is 32.8 Å². The van der Waals surface area contributed by atoms with Gasteiger partial charge in [0.15, 0.2) is 5.60 Å². The van der Waals surface area contributed by atoms with Crippen molar-refractivity contribution < 1.29 is 24.2 Å². The van der Waals surface area contributed by atoms with Crippen LogP contribution in [0.25, 0.3) is 21.8 Å². The highest BCUT2D eigenvalue weighted by Crippen LogP contribution is 2.45.